The van der Waals surface area contributed by atoms with E-state index < -0.39 is 28.5 Å². The van der Waals surface area contributed by atoms with E-state index in [1.165, 1.54) is 4.57 Å². The molecule has 2 aromatic heterocycles. The zero-order chi connectivity index (χ0) is 25.4. The Morgan fingerprint density at radius 2 is 1.76 bits per heavy atom. The third-order valence-electron chi connectivity index (χ3n) is 5.19. The maximum atomic E-state index is 13.5. The van der Waals surface area contributed by atoms with E-state index in [1.807, 2.05) is 45.2 Å². The third-order valence-corrected chi connectivity index (χ3v) is 5.93. The van der Waals surface area contributed by atoms with E-state index >= 15 is 0 Å². The van der Waals surface area contributed by atoms with Crippen LogP contribution in [0.4, 0.5) is 4.79 Å². The summed E-state index contributed by atoms with van der Waals surface area (Å²) in [5, 5.41) is 4.72. The number of hydrogen-bond donors (Lipinski definition) is 0. The molecule has 0 saturated heterocycles. The lowest BCUT2D eigenvalue weighted by molar-refractivity contribution is 0.0454. The highest BCUT2D eigenvalue weighted by Gasteiger charge is 2.35. The van der Waals surface area contributed by atoms with E-state index in [4.69, 9.17) is 14.6 Å². The molecule has 3 rings (SSSR count). The zero-order valence-electron chi connectivity index (χ0n) is 21.1. The molecule has 184 valence electrons. The molecule has 1 unspecified atom stereocenters. The summed E-state index contributed by atoms with van der Waals surface area (Å²) in [6.07, 6.45) is 0.984. The lowest BCUT2D eigenvalue weighted by atomic mass is 10.0. The van der Waals surface area contributed by atoms with Crippen molar-refractivity contribution in [1.82, 2.24) is 14.3 Å². The van der Waals surface area contributed by atoms with Gasteiger partial charge < -0.3 is 9.47 Å². The van der Waals surface area contributed by atoms with E-state index in [2.05, 4.69) is 0 Å². The summed E-state index contributed by atoms with van der Waals surface area (Å²) in [6, 6.07) is 7.44. The minimum absolute atomic E-state index is 0.0240. The van der Waals surface area contributed by atoms with Crippen molar-refractivity contribution in [3.63, 3.8) is 0 Å². The Balaban J connectivity index is 2.40. The van der Waals surface area contributed by atoms with Crippen LogP contribution in [-0.4, -0.2) is 49.1 Å². The predicted octanol–water partition coefficient (Wildman–Crippen LogP) is 5.00. The Labute approximate surface area is 202 Å². The normalized spacial score (nSPS) is 12.9. The quantitative estimate of drug-likeness (QED) is 0.454. The minimum Gasteiger partial charge on any atom is -0.461 e. The van der Waals surface area contributed by atoms with Gasteiger partial charge in [0, 0.05) is 35.4 Å². The van der Waals surface area contributed by atoms with Crippen molar-refractivity contribution in [2.75, 3.05) is 12.9 Å². The van der Waals surface area contributed by atoms with Crippen molar-refractivity contribution < 1.29 is 23.3 Å². The van der Waals surface area contributed by atoms with E-state index in [0.717, 1.165) is 11.3 Å². The van der Waals surface area contributed by atoms with Crippen molar-refractivity contribution in [2.45, 2.75) is 58.8 Å². The minimum atomic E-state index is -0.976. The molecule has 0 amide bonds. The van der Waals surface area contributed by atoms with Gasteiger partial charge in [0.15, 0.2) is 0 Å². The molecule has 0 spiro atoms. The van der Waals surface area contributed by atoms with E-state index in [0.29, 0.717) is 27.9 Å². The average Bonchev–Trinajstić information content (AvgIpc) is 3.19. The second kappa shape index (κ2) is 9.74. The van der Waals surface area contributed by atoms with Crippen molar-refractivity contribution in [1.29, 1.82) is 0 Å². The number of fused-ring (bicyclic) bond motifs is 1. The smallest absolute Gasteiger partial charge is 0.419 e. The molecule has 2 heterocycles. The van der Waals surface area contributed by atoms with Crippen LogP contribution < -0.4 is 0 Å². The molecule has 1 atom stereocenters. The van der Waals surface area contributed by atoms with Crippen LogP contribution in [0.2, 0.25) is 0 Å². The number of carbonyl (C=O) groups is 2. The second-order valence-electron chi connectivity index (χ2n) is 9.54. The fourth-order valence-corrected chi connectivity index (χ4v) is 4.72. The summed E-state index contributed by atoms with van der Waals surface area (Å²) in [5.74, 6) is -0.172. The zero-order valence-corrected chi connectivity index (χ0v) is 21.9. The highest BCUT2D eigenvalue weighted by molar-refractivity contribution is 7.83. The Kier molecular flexibility index (Phi) is 7.35. The van der Waals surface area contributed by atoms with E-state index in [1.54, 1.807) is 38.6 Å². The molecular formula is C25H33N3O5S. The van der Waals surface area contributed by atoms with Gasteiger partial charge in [-0.3, -0.25) is 8.89 Å². The molecule has 0 radical (unpaired) electrons. The first-order valence-corrected chi connectivity index (χ1v) is 13.0. The lowest BCUT2D eigenvalue weighted by Gasteiger charge is -2.21. The van der Waals surface area contributed by atoms with E-state index in [9.17, 15) is 13.8 Å². The number of rotatable bonds is 6. The van der Waals surface area contributed by atoms with Crippen LogP contribution in [0.5, 0.6) is 0 Å². The largest absolute Gasteiger partial charge is 0.461 e. The summed E-state index contributed by atoms with van der Waals surface area (Å²) in [5.41, 5.74) is 3.29. The molecule has 8 nitrogen and oxygen atoms in total. The average molecular weight is 488 g/mol. The second-order valence-corrected chi connectivity index (χ2v) is 11.0. The Morgan fingerprint density at radius 3 is 2.26 bits per heavy atom. The molecule has 9 heteroatoms. The van der Waals surface area contributed by atoms with Crippen LogP contribution in [0.25, 0.3) is 22.2 Å². The van der Waals surface area contributed by atoms with Gasteiger partial charge in [0.1, 0.15) is 22.3 Å². The first-order chi connectivity index (χ1) is 15.9. The van der Waals surface area contributed by atoms with E-state index in [-0.39, 0.29) is 18.2 Å². The molecule has 34 heavy (non-hydrogen) atoms. The number of nitrogens with zero attached hydrogens (tertiary/aromatic N) is 3. The Bertz CT molecular complexity index is 1250. The number of carbonyl (C=O) groups excluding carboxylic acids is 2. The van der Waals surface area contributed by atoms with Gasteiger partial charge in [-0.1, -0.05) is 38.1 Å². The summed E-state index contributed by atoms with van der Waals surface area (Å²) in [7, 11) is 0.845. The van der Waals surface area contributed by atoms with Gasteiger partial charge in [-0.2, -0.15) is 5.10 Å². The summed E-state index contributed by atoms with van der Waals surface area (Å²) >= 11 is 0. The number of aromatic nitrogens is 3. The van der Waals surface area contributed by atoms with Crippen LogP contribution in [0.3, 0.4) is 0 Å². The van der Waals surface area contributed by atoms with Gasteiger partial charge in [0.05, 0.1) is 12.3 Å². The first kappa shape index (κ1) is 25.7. The van der Waals surface area contributed by atoms with Crippen LogP contribution in [0.1, 0.15) is 69.2 Å². The number of benzene rings is 1. The molecule has 0 N–H and O–H groups in total. The standard InChI is InChI=1S/C25H33N3O5S/c1-9-32-23(29)21-18(17-12-10-16(11-13-17)14-34(8)31)19-22(20(15(2)3)27(7)26-19)28(21)24(30)33-25(4,5)6/h10-13,15H,9,14H2,1-8H3. The molecule has 0 bridgehead atoms. The summed E-state index contributed by atoms with van der Waals surface area (Å²) < 4.78 is 25.8. The first-order valence-electron chi connectivity index (χ1n) is 11.3. The highest BCUT2D eigenvalue weighted by atomic mass is 32.2. The Hall–Kier alpha value is -2.94. The summed E-state index contributed by atoms with van der Waals surface area (Å²) in [4.78, 5) is 26.7. The predicted molar refractivity (Wildman–Crippen MR) is 134 cm³/mol. The number of aryl methyl sites for hydroxylation is 1. The summed E-state index contributed by atoms with van der Waals surface area (Å²) in [6.45, 7) is 11.2. The maximum absolute atomic E-state index is 13.5. The fourth-order valence-electron chi connectivity index (χ4n) is 4.06. The molecule has 0 fully saturated rings. The number of hydrogen-bond acceptors (Lipinski definition) is 6. The third kappa shape index (κ3) is 5.09. The van der Waals surface area contributed by atoms with Crippen LogP contribution in [-0.2, 0) is 33.1 Å². The molecule has 0 aliphatic carbocycles. The van der Waals surface area contributed by atoms with Crippen LogP contribution >= 0.6 is 0 Å². The van der Waals surface area contributed by atoms with Gasteiger partial charge in [0.25, 0.3) is 0 Å². The molecule has 0 aliphatic rings. The monoisotopic (exact) mass is 487 g/mol. The van der Waals surface area contributed by atoms with Crippen molar-refractivity contribution in [3.8, 4) is 11.1 Å². The molecule has 3 aromatic rings. The van der Waals surface area contributed by atoms with Crippen LogP contribution in [0.15, 0.2) is 24.3 Å². The molecule has 0 saturated carbocycles. The van der Waals surface area contributed by atoms with Gasteiger partial charge in [-0.25, -0.2) is 14.2 Å². The van der Waals surface area contributed by atoms with Crippen molar-refractivity contribution >= 4 is 33.9 Å². The molecule has 0 aliphatic heterocycles. The van der Waals surface area contributed by atoms with Gasteiger partial charge in [0.2, 0.25) is 0 Å². The number of esters is 1. The van der Waals surface area contributed by atoms with Crippen LogP contribution in [0, 0.1) is 0 Å². The Morgan fingerprint density at radius 1 is 1.15 bits per heavy atom. The fraction of sp³-hybridized carbons (Fsp3) is 0.480. The SMILES string of the molecule is CCOC(=O)c1c(-c2ccc(CS(C)=O)cc2)c2nn(C)c(C(C)C)c2n1C(=O)OC(C)(C)C. The van der Waals surface area contributed by atoms with Crippen molar-refractivity contribution in [3.05, 3.63) is 41.2 Å². The van der Waals surface area contributed by atoms with Gasteiger partial charge >= 0.3 is 12.1 Å². The van der Waals surface area contributed by atoms with Gasteiger partial charge in [-0.15, -0.1) is 0 Å². The molecule has 1 aromatic carbocycles. The topological polar surface area (TPSA) is 92.4 Å². The highest BCUT2D eigenvalue weighted by Crippen LogP contribution is 2.39. The lowest BCUT2D eigenvalue weighted by Crippen LogP contribution is -2.29. The molecular weight excluding hydrogens is 454 g/mol. The van der Waals surface area contributed by atoms with Crippen molar-refractivity contribution in [2.24, 2.45) is 7.05 Å². The maximum Gasteiger partial charge on any atom is 0.419 e. The van der Waals surface area contributed by atoms with Gasteiger partial charge in [-0.05, 0) is 44.7 Å². The number of ether oxygens (including phenoxy) is 2.